The van der Waals surface area contributed by atoms with E-state index in [4.69, 9.17) is 4.74 Å². The number of carbonyl (C=O) groups excluding carboxylic acids is 1. The van der Waals surface area contributed by atoms with Crippen molar-refractivity contribution in [1.82, 2.24) is 19.4 Å². The fourth-order valence-electron chi connectivity index (χ4n) is 4.18. The Morgan fingerprint density at radius 3 is 2.42 bits per heavy atom. The maximum Gasteiger partial charge on any atom is 0.435 e. The summed E-state index contributed by atoms with van der Waals surface area (Å²) in [5.41, 5.74) is 0.271. The van der Waals surface area contributed by atoms with Crippen molar-refractivity contribution in [2.75, 3.05) is 32.8 Å². The molecular formula is C21H25F3N4O4S. The zero-order chi connectivity index (χ0) is 23.6. The van der Waals surface area contributed by atoms with Gasteiger partial charge in [0, 0.05) is 36.5 Å². The molecule has 8 nitrogen and oxygen atoms in total. The summed E-state index contributed by atoms with van der Waals surface area (Å²) in [7, 11) is -3.66. The van der Waals surface area contributed by atoms with Gasteiger partial charge in [-0.05, 0) is 49.9 Å². The van der Waals surface area contributed by atoms with Gasteiger partial charge in [0.15, 0.2) is 5.69 Å². The third-order valence-electron chi connectivity index (χ3n) is 5.86. The van der Waals surface area contributed by atoms with Crippen LogP contribution in [0.5, 0.6) is 0 Å². The Balaban J connectivity index is 1.38. The van der Waals surface area contributed by atoms with E-state index in [0.29, 0.717) is 38.2 Å². The number of rotatable bonds is 6. The van der Waals surface area contributed by atoms with E-state index in [1.54, 1.807) is 0 Å². The number of alkyl halides is 3. The number of hydrogen-bond donors (Lipinski definition) is 1. The van der Waals surface area contributed by atoms with Crippen molar-refractivity contribution in [2.24, 2.45) is 0 Å². The molecule has 33 heavy (non-hydrogen) atoms. The number of fused-ring (bicyclic) bond motifs is 1. The second-order valence-corrected chi connectivity index (χ2v) is 9.94. The molecule has 0 bridgehead atoms. The zero-order valence-corrected chi connectivity index (χ0v) is 18.7. The SMILES string of the molecule is O=C(NCCn1nc(C(F)(F)F)c2c1CCCC2)c1ccc(S(=O)(=O)N2CCOCC2)cc1. The average molecular weight is 487 g/mol. The molecule has 0 atom stereocenters. The fourth-order valence-corrected chi connectivity index (χ4v) is 5.58. The van der Waals surface area contributed by atoms with Crippen molar-refractivity contribution >= 4 is 15.9 Å². The van der Waals surface area contributed by atoms with Gasteiger partial charge in [-0.2, -0.15) is 22.6 Å². The molecule has 0 spiro atoms. The quantitative estimate of drug-likeness (QED) is 0.676. The molecule has 1 saturated heterocycles. The van der Waals surface area contributed by atoms with Crippen molar-refractivity contribution in [1.29, 1.82) is 0 Å². The van der Waals surface area contributed by atoms with Crippen LogP contribution in [0.2, 0.25) is 0 Å². The normalized spacial score (nSPS) is 17.5. The molecule has 1 aliphatic heterocycles. The number of halogens is 3. The molecule has 180 valence electrons. The van der Waals surface area contributed by atoms with E-state index in [1.165, 1.54) is 33.3 Å². The second-order valence-electron chi connectivity index (χ2n) is 8.00. The summed E-state index contributed by atoms with van der Waals surface area (Å²) < 4.78 is 73.1. The minimum Gasteiger partial charge on any atom is -0.379 e. The Morgan fingerprint density at radius 2 is 1.76 bits per heavy atom. The highest BCUT2D eigenvalue weighted by Gasteiger charge is 2.39. The molecule has 0 unspecified atom stereocenters. The Kier molecular flexibility index (Phi) is 6.78. The molecule has 1 aromatic heterocycles. The van der Waals surface area contributed by atoms with E-state index in [2.05, 4.69) is 10.4 Å². The lowest BCUT2D eigenvalue weighted by Gasteiger charge is -2.26. The number of benzene rings is 1. The van der Waals surface area contributed by atoms with Crippen molar-refractivity contribution in [3.8, 4) is 0 Å². The van der Waals surface area contributed by atoms with Crippen LogP contribution in [0, 0.1) is 0 Å². The highest BCUT2D eigenvalue weighted by atomic mass is 32.2. The van der Waals surface area contributed by atoms with E-state index in [9.17, 15) is 26.4 Å². The van der Waals surface area contributed by atoms with Gasteiger partial charge >= 0.3 is 6.18 Å². The molecule has 1 aliphatic carbocycles. The molecule has 1 amide bonds. The molecule has 12 heteroatoms. The van der Waals surface area contributed by atoms with E-state index in [-0.39, 0.29) is 42.2 Å². The molecule has 0 radical (unpaired) electrons. The van der Waals surface area contributed by atoms with Gasteiger partial charge < -0.3 is 10.1 Å². The van der Waals surface area contributed by atoms with E-state index in [0.717, 1.165) is 6.42 Å². The van der Waals surface area contributed by atoms with Gasteiger partial charge in [-0.3, -0.25) is 9.48 Å². The Bertz CT molecular complexity index is 1110. The zero-order valence-electron chi connectivity index (χ0n) is 17.9. The topological polar surface area (TPSA) is 93.5 Å². The summed E-state index contributed by atoms with van der Waals surface area (Å²) in [5.74, 6) is -0.442. The number of ether oxygens (including phenoxy) is 1. The summed E-state index contributed by atoms with van der Waals surface area (Å²) in [6.45, 7) is 1.44. The predicted octanol–water partition coefficient (Wildman–Crippen LogP) is 2.23. The lowest BCUT2D eigenvalue weighted by Crippen LogP contribution is -2.40. The number of nitrogens with zero attached hydrogens (tertiary/aromatic N) is 3. The van der Waals surface area contributed by atoms with Gasteiger partial charge in [0.1, 0.15) is 0 Å². The van der Waals surface area contributed by atoms with Crippen LogP contribution in [0.15, 0.2) is 29.2 Å². The predicted molar refractivity (Wildman–Crippen MR) is 112 cm³/mol. The third-order valence-corrected chi connectivity index (χ3v) is 7.77. The van der Waals surface area contributed by atoms with E-state index >= 15 is 0 Å². The minimum atomic E-state index is -4.50. The lowest BCUT2D eigenvalue weighted by molar-refractivity contribution is -0.142. The number of nitrogens with one attached hydrogen (secondary N) is 1. The molecule has 2 heterocycles. The highest BCUT2D eigenvalue weighted by molar-refractivity contribution is 7.89. The van der Waals surface area contributed by atoms with Crippen LogP contribution in [0.3, 0.4) is 0 Å². The van der Waals surface area contributed by atoms with E-state index < -0.39 is 27.8 Å². The first-order chi connectivity index (χ1) is 15.7. The van der Waals surface area contributed by atoms with Crippen molar-refractivity contribution in [2.45, 2.75) is 43.3 Å². The molecule has 1 aromatic carbocycles. The van der Waals surface area contributed by atoms with Gasteiger partial charge in [-0.15, -0.1) is 0 Å². The first-order valence-electron chi connectivity index (χ1n) is 10.8. The standard InChI is InChI=1S/C21H25F3N4O4S/c22-21(23,24)19-17-3-1-2-4-18(17)28(26-19)10-9-25-20(29)15-5-7-16(8-6-15)33(30,31)27-11-13-32-14-12-27/h5-8H,1-4,9-14H2,(H,25,29). The summed E-state index contributed by atoms with van der Waals surface area (Å²) in [5, 5.41) is 6.44. The molecule has 2 aromatic rings. The van der Waals surface area contributed by atoms with Crippen LogP contribution >= 0.6 is 0 Å². The van der Waals surface area contributed by atoms with Gasteiger partial charge in [-0.25, -0.2) is 8.42 Å². The van der Waals surface area contributed by atoms with Crippen LogP contribution in [0.1, 0.15) is 40.2 Å². The maximum atomic E-state index is 13.3. The number of sulfonamides is 1. The highest BCUT2D eigenvalue weighted by Crippen LogP contribution is 2.35. The number of morpholine rings is 1. The summed E-state index contributed by atoms with van der Waals surface area (Å²) in [6.07, 6.45) is -2.10. The number of carbonyl (C=O) groups is 1. The maximum absolute atomic E-state index is 13.3. The minimum absolute atomic E-state index is 0.0869. The largest absolute Gasteiger partial charge is 0.435 e. The first-order valence-corrected chi connectivity index (χ1v) is 12.2. The molecular weight excluding hydrogens is 461 g/mol. The Hall–Kier alpha value is -2.44. The summed E-state index contributed by atoms with van der Waals surface area (Å²) >= 11 is 0. The first kappa shape index (κ1) is 23.7. The van der Waals surface area contributed by atoms with Crippen LogP contribution in [-0.4, -0.2) is 61.3 Å². The average Bonchev–Trinajstić information content (AvgIpc) is 3.19. The van der Waals surface area contributed by atoms with Crippen molar-refractivity contribution in [3.05, 3.63) is 46.8 Å². The number of hydrogen-bond acceptors (Lipinski definition) is 5. The summed E-state index contributed by atoms with van der Waals surface area (Å²) in [6, 6.07) is 5.58. The molecule has 4 rings (SSSR count). The van der Waals surface area contributed by atoms with Crippen molar-refractivity contribution < 1.29 is 31.1 Å². The summed E-state index contributed by atoms with van der Waals surface area (Å²) in [4.78, 5) is 12.5. The van der Waals surface area contributed by atoms with Crippen molar-refractivity contribution in [3.63, 3.8) is 0 Å². The monoisotopic (exact) mass is 486 g/mol. The smallest absolute Gasteiger partial charge is 0.379 e. The van der Waals surface area contributed by atoms with Crippen LogP contribution < -0.4 is 5.32 Å². The molecule has 1 N–H and O–H groups in total. The Labute approximate surface area is 189 Å². The van der Waals surface area contributed by atoms with Crippen LogP contribution in [-0.2, 0) is 40.3 Å². The third kappa shape index (κ3) is 5.07. The van der Waals surface area contributed by atoms with E-state index in [1.807, 2.05) is 0 Å². The van der Waals surface area contributed by atoms with Crippen LogP contribution in [0.4, 0.5) is 13.2 Å². The second kappa shape index (κ2) is 9.43. The van der Waals surface area contributed by atoms with Crippen LogP contribution in [0.25, 0.3) is 0 Å². The molecule has 0 saturated carbocycles. The van der Waals surface area contributed by atoms with Gasteiger partial charge in [0.05, 0.1) is 24.7 Å². The Morgan fingerprint density at radius 1 is 1.09 bits per heavy atom. The lowest BCUT2D eigenvalue weighted by atomic mass is 9.95. The molecule has 2 aliphatic rings. The number of amides is 1. The van der Waals surface area contributed by atoms with Gasteiger partial charge in [-0.1, -0.05) is 0 Å². The molecule has 1 fully saturated rings. The van der Waals surface area contributed by atoms with Gasteiger partial charge in [0.2, 0.25) is 10.0 Å². The fraction of sp³-hybridized carbons (Fsp3) is 0.524. The van der Waals surface area contributed by atoms with Gasteiger partial charge in [0.25, 0.3) is 5.91 Å². The number of aromatic nitrogens is 2.